The van der Waals surface area contributed by atoms with E-state index in [1.165, 1.54) is 3.57 Å². The summed E-state index contributed by atoms with van der Waals surface area (Å²) >= 11 is 2.28. The molecule has 16 heavy (non-hydrogen) atoms. The van der Waals surface area contributed by atoms with E-state index in [-0.39, 0.29) is 5.78 Å². The van der Waals surface area contributed by atoms with Crippen molar-refractivity contribution in [1.82, 2.24) is 0 Å². The molecule has 3 heteroatoms. The van der Waals surface area contributed by atoms with E-state index in [1.807, 2.05) is 30.3 Å². The largest absolute Gasteiger partial charge is 0.485 e. The SMILES string of the molecule is O=C1CCCC=C1OCc1ccccc1I. The smallest absolute Gasteiger partial charge is 0.197 e. The van der Waals surface area contributed by atoms with Crippen LogP contribution in [0.1, 0.15) is 24.8 Å². The fourth-order valence-corrected chi connectivity index (χ4v) is 2.19. The van der Waals surface area contributed by atoms with Crippen molar-refractivity contribution in [1.29, 1.82) is 0 Å². The second-order valence-corrected chi connectivity index (χ2v) is 4.93. The third-order valence-corrected chi connectivity index (χ3v) is 3.61. The average molecular weight is 328 g/mol. The Bertz CT molecular complexity index is 424. The summed E-state index contributed by atoms with van der Waals surface area (Å²) in [6.07, 6.45) is 4.43. The summed E-state index contributed by atoms with van der Waals surface area (Å²) in [6, 6.07) is 8.04. The van der Waals surface area contributed by atoms with Crippen molar-refractivity contribution in [3.8, 4) is 0 Å². The maximum atomic E-state index is 11.5. The number of allylic oxidation sites excluding steroid dienone is 2. The highest BCUT2D eigenvalue weighted by Crippen LogP contribution is 2.18. The molecule has 0 aromatic heterocycles. The van der Waals surface area contributed by atoms with Crippen molar-refractivity contribution in [2.45, 2.75) is 25.9 Å². The predicted octanol–water partition coefficient (Wildman–Crippen LogP) is 3.44. The minimum absolute atomic E-state index is 0.136. The number of carbonyl (C=O) groups excluding carboxylic acids is 1. The Morgan fingerprint density at radius 2 is 2.12 bits per heavy atom. The number of ketones is 1. The fraction of sp³-hybridized carbons (Fsp3) is 0.308. The van der Waals surface area contributed by atoms with E-state index in [4.69, 9.17) is 4.74 Å². The number of halogens is 1. The molecule has 0 aliphatic heterocycles. The molecular weight excluding hydrogens is 315 g/mol. The van der Waals surface area contributed by atoms with Gasteiger partial charge in [0.2, 0.25) is 0 Å². The zero-order valence-electron chi connectivity index (χ0n) is 8.91. The summed E-state index contributed by atoms with van der Waals surface area (Å²) in [7, 11) is 0. The number of Topliss-reactive ketones (excluding diaryl/α,β-unsaturated/α-hetero) is 1. The number of ether oxygens (including phenoxy) is 1. The second-order valence-electron chi connectivity index (χ2n) is 3.76. The first-order chi connectivity index (χ1) is 7.77. The summed E-state index contributed by atoms with van der Waals surface area (Å²) in [4.78, 5) is 11.5. The van der Waals surface area contributed by atoms with Gasteiger partial charge in [-0.05, 0) is 47.6 Å². The molecule has 0 radical (unpaired) electrons. The van der Waals surface area contributed by atoms with Crippen LogP contribution in [0.2, 0.25) is 0 Å². The summed E-state index contributed by atoms with van der Waals surface area (Å²) in [5.74, 6) is 0.683. The minimum atomic E-state index is 0.136. The van der Waals surface area contributed by atoms with Crippen LogP contribution < -0.4 is 0 Å². The van der Waals surface area contributed by atoms with Crippen molar-refractivity contribution >= 4 is 28.4 Å². The van der Waals surface area contributed by atoms with Crippen molar-refractivity contribution in [3.63, 3.8) is 0 Å². The van der Waals surface area contributed by atoms with Gasteiger partial charge in [-0.25, -0.2) is 0 Å². The third kappa shape index (κ3) is 2.84. The lowest BCUT2D eigenvalue weighted by Crippen LogP contribution is -2.10. The lowest BCUT2D eigenvalue weighted by Gasteiger charge is -2.13. The molecule has 0 fully saturated rings. The molecule has 0 amide bonds. The average Bonchev–Trinajstić information content (AvgIpc) is 2.30. The lowest BCUT2D eigenvalue weighted by molar-refractivity contribution is -0.119. The topological polar surface area (TPSA) is 26.3 Å². The zero-order valence-corrected chi connectivity index (χ0v) is 11.1. The molecule has 0 saturated carbocycles. The Morgan fingerprint density at radius 3 is 2.88 bits per heavy atom. The molecule has 0 N–H and O–H groups in total. The molecule has 0 heterocycles. The third-order valence-electron chi connectivity index (χ3n) is 2.55. The van der Waals surface area contributed by atoms with Gasteiger partial charge in [-0.2, -0.15) is 0 Å². The first-order valence-electron chi connectivity index (χ1n) is 5.37. The van der Waals surface area contributed by atoms with Crippen LogP contribution in [0.3, 0.4) is 0 Å². The standard InChI is InChI=1S/C13H13IO2/c14-11-6-2-1-5-10(11)9-16-13-8-4-3-7-12(13)15/h1-2,5-6,8H,3-4,7,9H2. The van der Waals surface area contributed by atoms with Gasteiger partial charge in [-0.3, -0.25) is 4.79 Å². The Balaban J connectivity index is 2.00. The summed E-state index contributed by atoms with van der Waals surface area (Å²) < 4.78 is 6.74. The molecule has 2 rings (SSSR count). The van der Waals surface area contributed by atoms with E-state index in [1.54, 1.807) is 0 Å². The highest BCUT2D eigenvalue weighted by molar-refractivity contribution is 14.1. The normalized spacial score (nSPS) is 15.8. The van der Waals surface area contributed by atoms with Crippen LogP contribution in [-0.2, 0) is 16.1 Å². The van der Waals surface area contributed by atoms with Gasteiger partial charge in [-0.1, -0.05) is 18.2 Å². The van der Waals surface area contributed by atoms with Crippen LogP contribution in [0.25, 0.3) is 0 Å². The van der Waals surface area contributed by atoms with Gasteiger partial charge in [0, 0.05) is 15.6 Å². The molecule has 0 atom stereocenters. The molecule has 1 aliphatic rings. The van der Waals surface area contributed by atoms with Crippen LogP contribution in [0.5, 0.6) is 0 Å². The van der Waals surface area contributed by atoms with Gasteiger partial charge in [0.15, 0.2) is 11.5 Å². The summed E-state index contributed by atoms with van der Waals surface area (Å²) in [5.41, 5.74) is 1.13. The fourth-order valence-electron chi connectivity index (χ4n) is 1.64. The van der Waals surface area contributed by atoms with Crippen LogP contribution in [0.4, 0.5) is 0 Å². The Labute approximate surface area is 109 Å². The molecule has 2 nitrogen and oxygen atoms in total. The van der Waals surface area contributed by atoms with Gasteiger partial charge in [0.05, 0.1) is 0 Å². The van der Waals surface area contributed by atoms with E-state index in [9.17, 15) is 4.79 Å². The number of hydrogen-bond donors (Lipinski definition) is 0. The number of rotatable bonds is 3. The second kappa shape index (κ2) is 5.48. The van der Waals surface area contributed by atoms with E-state index >= 15 is 0 Å². The first kappa shape index (κ1) is 11.6. The van der Waals surface area contributed by atoms with Crippen LogP contribution >= 0.6 is 22.6 Å². The van der Waals surface area contributed by atoms with Crippen molar-refractivity contribution in [2.75, 3.05) is 0 Å². The molecule has 1 aromatic rings. The quantitative estimate of drug-likeness (QED) is 0.795. The van der Waals surface area contributed by atoms with Gasteiger partial charge in [0.1, 0.15) is 6.61 Å². The highest BCUT2D eigenvalue weighted by Gasteiger charge is 2.14. The molecule has 0 bridgehead atoms. The maximum absolute atomic E-state index is 11.5. The van der Waals surface area contributed by atoms with E-state index < -0.39 is 0 Å². The molecule has 0 unspecified atom stereocenters. The van der Waals surface area contributed by atoms with E-state index in [0.717, 1.165) is 18.4 Å². The monoisotopic (exact) mass is 328 g/mol. The van der Waals surface area contributed by atoms with Gasteiger partial charge < -0.3 is 4.74 Å². The Kier molecular flexibility index (Phi) is 3.98. The van der Waals surface area contributed by atoms with Crippen molar-refractivity contribution in [3.05, 3.63) is 45.2 Å². The maximum Gasteiger partial charge on any atom is 0.197 e. The minimum Gasteiger partial charge on any atom is -0.485 e. The van der Waals surface area contributed by atoms with Gasteiger partial charge >= 0.3 is 0 Å². The molecule has 84 valence electrons. The number of hydrogen-bond acceptors (Lipinski definition) is 2. The van der Waals surface area contributed by atoms with Crippen molar-refractivity contribution in [2.24, 2.45) is 0 Å². The molecule has 0 saturated heterocycles. The summed E-state index contributed by atoms with van der Waals surface area (Å²) in [6.45, 7) is 0.483. The molecule has 1 aromatic carbocycles. The highest BCUT2D eigenvalue weighted by atomic mass is 127. The lowest BCUT2D eigenvalue weighted by atomic mass is 10.1. The first-order valence-corrected chi connectivity index (χ1v) is 6.45. The van der Waals surface area contributed by atoms with Crippen LogP contribution in [0.15, 0.2) is 36.1 Å². The molecular formula is C13H13IO2. The molecule has 1 aliphatic carbocycles. The van der Waals surface area contributed by atoms with Crippen LogP contribution in [-0.4, -0.2) is 5.78 Å². The Morgan fingerprint density at radius 1 is 1.31 bits per heavy atom. The van der Waals surface area contributed by atoms with Crippen molar-refractivity contribution < 1.29 is 9.53 Å². The molecule has 0 spiro atoms. The summed E-state index contributed by atoms with van der Waals surface area (Å²) in [5, 5.41) is 0. The van der Waals surface area contributed by atoms with E-state index in [2.05, 4.69) is 22.6 Å². The zero-order chi connectivity index (χ0) is 11.4. The Hall–Kier alpha value is -0.840. The number of benzene rings is 1. The predicted molar refractivity (Wildman–Crippen MR) is 70.9 cm³/mol. The van der Waals surface area contributed by atoms with Crippen LogP contribution in [0, 0.1) is 3.57 Å². The van der Waals surface area contributed by atoms with Gasteiger partial charge in [-0.15, -0.1) is 0 Å². The number of carbonyl (C=O) groups is 1. The van der Waals surface area contributed by atoms with Gasteiger partial charge in [0.25, 0.3) is 0 Å². The van der Waals surface area contributed by atoms with E-state index in [0.29, 0.717) is 18.8 Å².